The van der Waals surface area contributed by atoms with E-state index in [4.69, 9.17) is 0 Å². The summed E-state index contributed by atoms with van der Waals surface area (Å²) in [7, 11) is 0. The van der Waals surface area contributed by atoms with Crippen molar-refractivity contribution in [2.24, 2.45) is 23.7 Å². The van der Waals surface area contributed by atoms with Crippen LogP contribution in [0, 0.1) is 23.7 Å². The predicted molar refractivity (Wildman–Crippen MR) is 78.4 cm³/mol. The number of hydrogen-bond acceptors (Lipinski definition) is 3. The van der Waals surface area contributed by atoms with Crippen LogP contribution in [0.15, 0.2) is 42.5 Å². The second kappa shape index (κ2) is 5.40. The standard InChI is InChI=1S/C17H17NO4/c1-10-7-8-12-14(13(10)17(21)22)16(20)18(15(12)19)9-11-5-3-2-4-6-11/h2-8,10,12-14H,9H2,1H3,(H,21,22)/t10-,12-,13+,14-/m0/s1. The van der Waals surface area contributed by atoms with E-state index >= 15 is 0 Å². The third-order valence-corrected chi connectivity index (χ3v) is 4.53. The maximum absolute atomic E-state index is 12.6. The van der Waals surface area contributed by atoms with E-state index in [0.717, 1.165) is 5.56 Å². The molecule has 1 heterocycles. The lowest BCUT2D eigenvalue weighted by atomic mass is 9.72. The Bertz CT molecular complexity index is 652. The first-order valence-electron chi connectivity index (χ1n) is 7.31. The number of nitrogens with zero attached hydrogens (tertiary/aromatic N) is 1. The summed E-state index contributed by atoms with van der Waals surface area (Å²) in [6.45, 7) is 1.96. The molecule has 2 amide bonds. The molecule has 1 saturated heterocycles. The number of carboxylic acids is 1. The highest BCUT2D eigenvalue weighted by Gasteiger charge is 2.54. The van der Waals surface area contributed by atoms with Crippen molar-refractivity contribution < 1.29 is 19.5 Å². The van der Waals surface area contributed by atoms with E-state index in [1.165, 1.54) is 4.90 Å². The number of amides is 2. The van der Waals surface area contributed by atoms with Gasteiger partial charge in [-0.2, -0.15) is 0 Å². The van der Waals surface area contributed by atoms with Crippen LogP contribution in [0.3, 0.4) is 0 Å². The van der Waals surface area contributed by atoms with Crippen LogP contribution >= 0.6 is 0 Å². The first-order valence-corrected chi connectivity index (χ1v) is 7.31. The first-order chi connectivity index (χ1) is 10.5. The van der Waals surface area contributed by atoms with Gasteiger partial charge in [0.15, 0.2) is 0 Å². The number of rotatable bonds is 3. The Kier molecular flexibility index (Phi) is 3.56. The van der Waals surface area contributed by atoms with Crippen molar-refractivity contribution in [2.45, 2.75) is 13.5 Å². The monoisotopic (exact) mass is 299 g/mol. The molecule has 0 radical (unpaired) electrons. The minimum atomic E-state index is -1.02. The molecule has 0 bridgehead atoms. The van der Waals surface area contributed by atoms with Crippen molar-refractivity contribution in [3.8, 4) is 0 Å². The lowest BCUT2D eigenvalue weighted by Crippen LogP contribution is -2.38. The SMILES string of the molecule is C[C@H]1C=C[C@@H]2C(=O)N(Cc3ccccc3)C(=O)[C@@H]2[C@@H]1C(=O)O. The highest BCUT2D eigenvalue weighted by atomic mass is 16.4. The second-order valence-corrected chi connectivity index (χ2v) is 5.91. The molecule has 1 aromatic rings. The van der Waals surface area contributed by atoms with Gasteiger partial charge < -0.3 is 5.11 Å². The Labute approximate surface area is 128 Å². The molecular weight excluding hydrogens is 282 g/mol. The summed E-state index contributed by atoms with van der Waals surface area (Å²) < 4.78 is 0. The van der Waals surface area contributed by atoms with Crippen LogP contribution in [0.5, 0.6) is 0 Å². The second-order valence-electron chi connectivity index (χ2n) is 5.91. The molecule has 1 aromatic carbocycles. The van der Waals surface area contributed by atoms with Gasteiger partial charge in [-0.25, -0.2) is 0 Å². The maximum Gasteiger partial charge on any atom is 0.307 e. The van der Waals surface area contributed by atoms with Crippen LogP contribution in [0.1, 0.15) is 12.5 Å². The normalized spacial score (nSPS) is 30.5. The summed E-state index contributed by atoms with van der Waals surface area (Å²) in [5.41, 5.74) is 0.853. The highest BCUT2D eigenvalue weighted by molar-refractivity contribution is 6.07. The summed E-state index contributed by atoms with van der Waals surface area (Å²) in [6.07, 6.45) is 3.43. The van der Waals surface area contributed by atoms with Crippen molar-refractivity contribution >= 4 is 17.8 Å². The lowest BCUT2D eigenvalue weighted by Gasteiger charge is -2.28. The average Bonchev–Trinajstić information content (AvgIpc) is 2.73. The molecule has 5 heteroatoms. The Balaban J connectivity index is 1.91. The van der Waals surface area contributed by atoms with Gasteiger partial charge in [0.1, 0.15) is 0 Å². The van der Waals surface area contributed by atoms with Crippen LogP contribution < -0.4 is 0 Å². The van der Waals surface area contributed by atoms with E-state index in [1.54, 1.807) is 19.1 Å². The van der Waals surface area contributed by atoms with E-state index in [9.17, 15) is 19.5 Å². The molecule has 0 spiro atoms. The van der Waals surface area contributed by atoms with Gasteiger partial charge in [0.2, 0.25) is 11.8 Å². The minimum absolute atomic E-state index is 0.195. The number of carbonyl (C=O) groups excluding carboxylic acids is 2. The molecule has 4 atom stereocenters. The molecule has 114 valence electrons. The molecule has 1 N–H and O–H groups in total. The van der Waals surface area contributed by atoms with Crippen molar-refractivity contribution in [2.75, 3.05) is 0 Å². The molecule has 2 aliphatic rings. The summed E-state index contributed by atoms with van der Waals surface area (Å²) in [4.78, 5) is 37.8. The zero-order chi connectivity index (χ0) is 15.9. The van der Waals surface area contributed by atoms with Crippen LogP contribution in [-0.2, 0) is 20.9 Å². The number of likely N-dealkylation sites (tertiary alicyclic amines) is 1. The van der Waals surface area contributed by atoms with E-state index in [1.807, 2.05) is 30.3 Å². The lowest BCUT2D eigenvalue weighted by molar-refractivity contribution is -0.150. The van der Waals surface area contributed by atoms with Gasteiger partial charge in [0, 0.05) is 0 Å². The summed E-state index contributed by atoms with van der Waals surface area (Å²) >= 11 is 0. The number of allylic oxidation sites excluding steroid dienone is 1. The molecule has 5 nitrogen and oxygen atoms in total. The summed E-state index contributed by atoms with van der Waals surface area (Å²) in [6, 6.07) is 9.23. The third kappa shape index (κ3) is 2.22. The van der Waals surface area contributed by atoms with Crippen LogP contribution in [-0.4, -0.2) is 27.8 Å². The molecule has 0 unspecified atom stereocenters. The quantitative estimate of drug-likeness (QED) is 0.681. The molecule has 0 aromatic heterocycles. The topological polar surface area (TPSA) is 74.7 Å². The van der Waals surface area contributed by atoms with Gasteiger partial charge >= 0.3 is 5.97 Å². The van der Waals surface area contributed by atoms with Gasteiger partial charge in [-0.3, -0.25) is 19.3 Å². The van der Waals surface area contributed by atoms with Gasteiger partial charge in [-0.1, -0.05) is 49.4 Å². The Morgan fingerprint density at radius 1 is 1.14 bits per heavy atom. The van der Waals surface area contributed by atoms with Crippen LogP contribution in [0.2, 0.25) is 0 Å². The molecule has 0 saturated carbocycles. The van der Waals surface area contributed by atoms with Crippen LogP contribution in [0.25, 0.3) is 0 Å². The number of carboxylic acid groups (broad SMARTS) is 1. The Morgan fingerprint density at radius 3 is 2.45 bits per heavy atom. The van der Waals surface area contributed by atoms with E-state index in [-0.39, 0.29) is 24.3 Å². The molecule has 22 heavy (non-hydrogen) atoms. The molecule has 1 fully saturated rings. The molecule has 1 aliphatic heterocycles. The van der Waals surface area contributed by atoms with Gasteiger partial charge in [0.05, 0.1) is 24.3 Å². The summed E-state index contributed by atoms with van der Waals surface area (Å²) in [5.74, 6) is -4.22. The molecule has 1 aliphatic carbocycles. The van der Waals surface area contributed by atoms with Gasteiger partial charge in [0.25, 0.3) is 0 Å². The fourth-order valence-electron chi connectivity index (χ4n) is 3.40. The van der Waals surface area contributed by atoms with E-state index < -0.39 is 23.7 Å². The van der Waals surface area contributed by atoms with Crippen molar-refractivity contribution in [1.82, 2.24) is 4.90 Å². The zero-order valence-corrected chi connectivity index (χ0v) is 12.2. The number of fused-ring (bicyclic) bond motifs is 1. The summed E-state index contributed by atoms with van der Waals surface area (Å²) in [5, 5.41) is 9.42. The number of hydrogen-bond donors (Lipinski definition) is 1. The average molecular weight is 299 g/mol. The van der Waals surface area contributed by atoms with E-state index in [2.05, 4.69) is 0 Å². The fraction of sp³-hybridized carbons (Fsp3) is 0.353. The largest absolute Gasteiger partial charge is 0.481 e. The van der Waals surface area contributed by atoms with E-state index in [0.29, 0.717) is 0 Å². The Hall–Kier alpha value is -2.43. The van der Waals surface area contributed by atoms with Gasteiger partial charge in [-0.15, -0.1) is 0 Å². The zero-order valence-electron chi connectivity index (χ0n) is 12.2. The van der Waals surface area contributed by atoms with Crippen molar-refractivity contribution in [3.05, 3.63) is 48.0 Å². The molecular formula is C17H17NO4. The number of carbonyl (C=O) groups is 3. The van der Waals surface area contributed by atoms with Crippen molar-refractivity contribution in [3.63, 3.8) is 0 Å². The number of aliphatic carboxylic acids is 1. The van der Waals surface area contributed by atoms with Crippen molar-refractivity contribution in [1.29, 1.82) is 0 Å². The first kappa shape index (κ1) is 14.5. The smallest absolute Gasteiger partial charge is 0.307 e. The van der Waals surface area contributed by atoms with Crippen LogP contribution in [0.4, 0.5) is 0 Å². The van der Waals surface area contributed by atoms with Gasteiger partial charge in [-0.05, 0) is 11.5 Å². The minimum Gasteiger partial charge on any atom is -0.481 e. The Morgan fingerprint density at radius 2 is 1.82 bits per heavy atom. The highest BCUT2D eigenvalue weighted by Crippen LogP contribution is 2.41. The fourth-order valence-corrected chi connectivity index (χ4v) is 3.40. The number of benzene rings is 1. The number of imide groups is 1. The maximum atomic E-state index is 12.6. The predicted octanol–water partition coefficient (Wildman–Crippen LogP) is 1.69. The molecule has 3 rings (SSSR count). The third-order valence-electron chi connectivity index (χ3n) is 4.53.